The summed E-state index contributed by atoms with van der Waals surface area (Å²) in [4.78, 5) is 10.6. The Morgan fingerprint density at radius 2 is 1.00 bits per heavy atom. The number of hydrogen-bond donors (Lipinski definition) is 1. The number of carboxylic acid groups (broad SMARTS) is 1. The van der Waals surface area contributed by atoms with Gasteiger partial charge in [0.15, 0.2) is 0 Å². The zero-order chi connectivity index (χ0) is 18.8. The Morgan fingerprint density at radius 3 is 1.40 bits per heavy atom. The number of hydrogen-bond acceptors (Lipinski definition) is 1. The average molecular weight is 374 g/mol. The van der Waals surface area contributed by atoms with Crippen molar-refractivity contribution in [3.8, 4) is 0 Å². The first-order valence-corrected chi connectivity index (χ1v) is 14.1. The second-order valence-corrected chi connectivity index (χ2v) is 13.2. The molecule has 0 unspecified atom stereocenters. The van der Waals surface area contributed by atoms with Crippen molar-refractivity contribution in [2.75, 3.05) is 25.7 Å². The van der Waals surface area contributed by atoms with Crippen LogP contribution < -0.4 is 0 Å². The Balaban J connectivity index is 3.26. The van der Waals surface area contributed by atoms with E-state index in [-0.39, 0.29) is 0 Å². The molecule has 0 fully saturated rings. The van der Waals surface area contributed by atoms with Crippen LogP contribution in [-0.2, 0) is 4.79 Å². The third-order valence-electron chi connectivity index (χ3n) is 5.27. The van der Waals surface area contributed by atoms with Gasteiger partial charge in [-0.1, -0.05) is 84.0 Å². The van der Waals surface area contributed by atoms with Crippen molar-refractivity contribution in [1.29, 1.82) is 0 Å². The van der Waals surface area contributed by atoms with Gasteiger partial charge in [0.25, 0.3) is 0 Å². The van der Waals surface area contributed by atoms with Gasteiger partial charge in [-0.2, -0.15) is 0 Å². The molecule has 0 aromatic heterocycles. The monoisotopic (exact) mass is 373 g/mol. The van der Waals surface area contributed by atoms with Crippen LogP contribution in [0.25, 0.3) is 0 Å². The quantitative estimate of drug-likeness (QED) is 0.187. The van der Waals surface area contributed by atoms with Crippen LogP contribution >= 0.6 is 7.26 Å². The van der Waals surface area contributed by atoms with Gasteiger partial charge in [0.05, 0.1) is 12.3 Å². The molecular weight excluding hydrogens is 327 g/mol. The summed E-state index contributed by atoms with van der Waals surface area (Å²) in [6, 6.07) is 0. The molecular formula is C22H46O2P+. The lowest BCUT2D eigenvalue weighted by molar-refractivity contribution is -0.137. The zero-order valence-electron chi connectivity index (χ0n) is 17.5. The molecule has 25 heavy (non-hydrogen) atoms. The van der Waals surface area contributed by atoms with Gasteiger partial charge in [0, 0.05) is 27.0 Å². The van der Waals surface area contributed by atoms with E-state index in [0.29, 0.717) is 6.42 Å². The average Bonchev–Trinajstić information content (AvgIpc) is 2.54. The van der Waals surface area contributed by atoms with E-state index in [0.717, 1.165) is 12.6 Å². The Labute approximate surface area is 158 Å². The van der Waals surface area contributed by atoms with Crippen molar-refractivity contribution < 1.29 is 9.90 Å². The molecule has 0 atom stereocenters. The molecule has 0 heterocycles. The molecule has 0 aromatic rings. The van der Waals surface area contributed by atoms with Crippen LogP contribution in [0.3, 0.4) is 0 Å². The molecule has 0 bridgehead atoms. The molecule has 0 amide bonds. The van der Waals surface area contributed by atoms with E-state index < -0.39 is 13.2 Å². The van der Waals surface area contributed by atoms with Gasteiger partial charge >= 0.3 is 5.97 Å². The summed E-state index contributed by atoms with van der Waals surface area (Å²) in [5, 5.41) is 8.73. The maximum Gasteiger partial charge on any atom is 0.303 e. The highest BCUT2D eigenvalue weighted by Gasteiger charge is 2.23. The van der Waals surface area contributed by atoms with E-state index in [1.807, 2.05) is 0 Å². The van der Waals surface area contributed by atoms with Gasteiger partial charge in [-0.15, -0.1) is 0 Å². The highest BCUT2D eigenvalue weighted by atomic mass is 31.2. The number of aliphatic carboxylic acids is 1. The first kappa shape index (κ1) is 24.9. The number of carboxylic acids is 1. The highest BCUT2D eigenvalue weighted by Crippen LogP contribution is 2.52. The van der Waals surface area contributed by atoms with E-state index in [9.17, 15) is 4.79 Å². The fourth-order valence-electron chi connectivity index (χ4n) is 3.50. The predicted molar refractivity (Wildman–Crippen MR) is 116 cm³/mol. The predicted octanol–water partition coefficient (Wildman–Crippen LogP) is 7.61. The van der Waals surface area contributed by atoms with Gasteiger partial charge in [-0.05, 0) is 19.3 Å². The second-order valence-electron chi connectivity index (χ2n) is 8.48. The lowest BCUT2D eigenvalue weighted by Crippen LogP contribution is -2.04. The van der Waals surface area contributed by atoms with E-state index >= 15 is 0 Å². The molecule has 0 rings (SSSR count). The van der Waals surface area contributed by atoms with Crippen LogP contribution in [0.1, 0.15) is 110 Å². The molecule has 0 saturated heterocycles. The standard InChI is InChI=1S/C22H45O2P/c1-4-5-6-7-8-9-10-11-12-13-14-15-16-17-20-25(2,3)21-18-19-22(23)24/h4-21H2,1-3H3/p+1. The molecule has 0 spiro atoms. The summed E-state index contributed by atoms with van der Waals surface area (Å²) in [6.07, 6.45) is 23.6. The van der Waals surface area contributed by atoms with Gasteiger partial charge in [-0.3, -0.25) is 4.79 Å². The molecule has 150 valence electrons. The van der Waals surface area contributed by atoms with E-state index in [2.05, 4.69) is 20.3 Å². The zero-order valence-corrected chi connectivity index (χ0v) is 18.4. The second kappa shape index (κ2) is 17.3. The molecule has 0 aliphatic heterocycles. The van der Waals surface area contributed by atoms with Crippen molar-refractivity contribution in [2.45, 2.75) is 110 Å². The van der Waals surface area contributed by atoms with Gasteiger partial charge in [-0.25, -0.2) is 0 Å². The number of rotatable bonds is 19. The molecule has 0 radical (unpaired) electrons. The normalized spacial score (nSPS) is 11.8. The Hall–Kier alpha value is -0.100. The van der Waals surface area contributed by atoms with E-state index in [4.69, 9.17) is 5.11 Å². The van der Waals surface area contributed by atoms with Gasteiger partial charge < -0.3 is 5.11 Å². The van der Waals surface area contributed by atoms with Gasteiger partial charge in [0.1, 0.15) is 0 Å². The molecule has 0 aromatic carbocycles. The van der Waals surface area contributed by atoms with Crippen molar-refractivity contribution in [1.82, 2.24) is 0 Å². The molecule has 3 heteroatoms. The maximum absolute atomic E-state index is 10.6. The molecule has 0 saturated carbocycles. The minimum Gasteiger partial charge on any atom is -0.481 e. The van der Waals surface area contributed by atoms with Gasteiger partial charge in [0.2, 0.25) is 0 Å². The topological polar surface area (TPSA) is 37.3 Å². The number of carbonyl (C=O) groups is 1. The van der Waals surface area contributed by atoms with Crippen molar-refractivity contribution >= 4 is 13.2 Å². The molecule has 1 N–H and O–H groups in total. The minimum atomic E-state index is -0.847. The Kier molecular flexibility index (Phi) is 17.3. The van der Waals surface area contributed by atoms with Crippen LogP contribution in [-0.4, -0.2) is 36.7 Å². The fourth-order valence-corrected chi connectivity index (χ4v) is 5.82. The van der Waals surface area contributed by atoms with Crippen molar-refractivity contribution in [3.63, 3.8) is 0 Å². The fraction of sp³-hybridized carbons (Fsp3) is 0.955. The van der Waals surface area contributed by atoms with Crippen LogP contribution in [0.5, 0.6) is 0 Å². The largest absolute Gasteiger partial charge is 0.481 e. The van der Waals surface area contributed by atoms with E-state index in [1.165, 1.54) is 96.1 Å². The Bertz CT molecular complexity index is 302. The summed E-state index contributed by atoms with van der Waals surface area (Å²) in [6.45, 7) is 7.08. The smallest absolute Gasteiger partial charge is 0.303 e. The van der Waals surface area contributed by atoms with Crippen molar-refractivity contribution in [2.24, 2.45) is 0 Å². The van der Waals surface area contributed by atoms with Crippen LogP contribution in [0.2, 0.25) is 0 Å². The number of unbranched alkanes of at least 4 members (excludes halogenated alkanes) is 13. The van der Waals surface area contributed by atoms with E-state index in [1.54, 1.807) is 0 Å². The molecule has 2 nitrogen and oxygen atoms in total. The summed E-state index contributed by atoms with van der Waals surface area (Å²) < 4.78 is 0. The summed E-state index contributed by atoms with van der Waals surface area (Å²) >= 11 is 0. The SMILES string of the molecule is CCCCCCCCCCCCCCCC[P+](C)(C)CCCC(=O)O. The summed E-state index contributed by atoms with van der Waals surface area (Å²) in [7, 11) is -0.847. The summed E-state index contributed by atoms with van der Waals surface area (Å²) in [5.41, 5.74) is 0. The third kappa shape index (κ3) is 20.1. The molecule has 0 aliphatic carbocycles. The van der Waals surface area contributed by atoms with Crippen LogP contribution in [0.15, 0.2) is 0 Å². The third-order valence-corrected chi connectivity index (χ3v) is 8.32. The highest BCUT2D eigenvalue weighted by molar-refractivity contribution is 7.74. The summed E-state index contributed by atoms with van der Waals surface area (Å²) in [5.74, 6) is -0.642. The Morgan fingerprint density at radius 1 is 0.640 bits per heavy atom. The van der Waals surface area contributed by atoms with Crippen LogP contribution in [0.4, 0.5) is 0 Å². The first-order valence-electron chi connectivity index (χ1n) is 11.0. The molecule has 0 aliphatic rings. The first-order chi connectivity index (χ1) is 12.0. The maximum atomic E-state index is 10.6. The van der Waals surface area contributed by atoms with Crippen molar-refractivity contribution in [3.05, 3.63) is 0 Å². The lowest BCUT2D eigenvalue weighted by atomic mass is 10.0. The minimum absolute atomic E-state index is 0.349. The lowest BCUT2D eigenvalue weighted by Gasteiger charge is -2.17. The van der Waals surface area contributed by atoms with Crippen LogP contribution in [0, 0.1) is 0 Å².